The van der Waals surface area contributed by atoms with E-state index in [1.54, 1.807) is 32.0 Å². The van der Waals surface area contributed by atoms with Crippen LogP contribution < -0.4 is 10.0 Å². The van der Waals surface area contributed by atoms with Crippen LogP contribution in [-0.2, 0) is 14.8 Å². The average Bonchev–Trinajstić information content (AvgIpc) is 3.00. The summed E-state index contributed by atoms with van der Waals surface area (Å²) in [6.45, 7) is 10.4. The van der Waals surface area contributed by atoms with Crippen LogP contribution in [0, 0.1) is 6.57 Å². The summed E-state index contributed by atoms with van der Waals surface area (Å²) in [5.41, 5.74) is -0.708. The van der Waals surface area contributed by atoms with E-state index in [0.717, 1.165) is 0 Å². The van der Waals surface area contributed by atoms with Crippen LogP contribution in [0.15, 0.2) is 35.2 Å². The molecule has 2 rings (SSSR count). The summed E-state index contributed by atoms with van der Waals surface area (Å²) < 4.78 is 40.4. The van der Waals surface area contributed by atoms with Crippen LogP contribution in [-0.4, -0.2) is 56.7 Å². The normalized spacial score (nSPS) is 20.8. The minimum Gasteiger partial charge on any atom is -0.302 e. The Balaban J connectivity index is 1.89. The second-order valence-electron chi connectivity index (χ2n) is 6.86. The van der Waals surface area contributed by atoms with Gasteiger partial charge in [-0.3, -0.25) is 14.5 Å². The fourth-order valence-corrected chi connectivity index (χ4v) is 3.83. The molecule has 0 aromatic heterocycles. The first-order chi connectivity index (χ1) is 12.1. The molecule has 0 spiro atoms. The third-order valence-corrected chi connectivity index (χ3v) is 5.58. The minimum atomic E-state index is -3.64. The number of benzene rings is 1. The molecule has 2 atom stereocenters. The summed E-state index contributed by atoms with van der Waals surface area (Å²) in [5, 5.41) is 2.98. The van der Waals surface area contributed by atoms with Gasteiger partial charge < -0.3 is 5.32 Å². The van der Waals surface area contributed by atoms with Crippen molar-refractivity contribution in [3.05, 3.63) is 41.7 Å². The largest absolute Gasteiger partial charge is 0.303 e. The van der Waals surface area contributed by atoms with Crippen LogP contribution in [0.3, 0.4) is 0 Å². The number of hydrogen-bond acceptors (Lipinski definition) is 4. The van der Waals surface area contributed by atoms with Crippen molar-refractivity contribution in [1.82, 2.24) is 14.9 Å². The lowest BCUT2D eigenvalue weighted by molar-refractivity contribution is -0.130. The number of alkyl halides is 1. The molecular formula is C17H23FN4O3S. The molecular weight excluding hydrogens is 359 g/mol. The van der Waals surface area contributed by atoms with Crippen LogP contribution in [0.4, 0.5) is 4.39 Å². The molecule has 1 aromatic carbocycles. The van der Waals surface area contributed by atoms with Gasteiger partial charge in [0.05, 0.1) is 24.4 Å². The van der Waals surface area contributed by atoms with E-state index in [9.17, 15) is 17.6 Å². The van der Waals surface area contributed by atoms with Gasteiger partial charge >= 0.3 is 6.17 Å². The van der Waals surface area contributed by atoms with Gasteiger partial charge in [-0.25, -0.2) is 24.1 Å². The number of halogens is 1. The lowest BCUT2D eigenvalue weighted by Crippen LogP contribution is -2.52. The molecule has 1 aliphatic rings. The first-order valence-electron chi connectivity index (χ1n) is 8.24. The first-order valence-corrected chi connectivity index (χ1v) is 9.73. The Morgan fingerprint density at radius 1 is 1.38 bits per heavy atom. The van der Waals surface area contributed by atoms with Crippen molar-refractivity contribution in [3.8, 4) is 0 Å². The van der Waals surface area contributed by atoms with Crippen LogP contribution >= 0.6 is 0 Å². The van der Waals surface area contributed by atoms with Gasteiger partial charge in [0.1, 0.15) is 6.17 Å². The second kappa shape index (κ2) is 8.12. The van der Waals surface area contributed by atoms with E-state index in [-0.39, 0.29) is 36.9 Å². The number of carbonyl (C=O) groups excluding carboxylic acids is 1. The molecule has 0 aliphatic carbocycles. The Morgan fingerprint density at radius 2 is 2.04 bits per heavy atom. The van der Waals surface area contributed by atoms with Gasteiger partial charge in [-0.15, -0.1) is 0 Å². The molecule has 9 heteroatoms. The monoisotopic (exact) mass is 382 g/mol. The molecule has 1 heterocycles. The van der Waals surface area contributed by atoms with E-state index in [0.29, 0.717) is 0 Å². The highest BCUT2D eigenvalue weighted by Gasteiger charge is 2.39. The maximum atomic E-state index is 13.4. The fraction of sp³-hybridized carbons (Fsp3) is 0.529. The quantitative estimate of drug-likeness (QED) is 0.693. The van der Waals surface area contributed by atoms with Gasteiger partial charge in [0.2, 0.25) is 15.9 Å². The smallest absolute Gasteiger partial charge is 0.302 e. The number of hydrogen-bond donors (Lipinski definition) is 2. The third kappa shape index (κ3) is 5.24. The summed E-state index contributed by atoms with van der Waals surface area (Å²) >= 11 is 0. The van der Waals surface area contributed by atoms with Crippen LogP contribution in [0.25, 0.3) is 4.85 Å². The predicted molar refractivity (Wildman–Crippen MR) is 95.3 cm³/mol. The number of rotatable bonds is 7. The van der Waals surface area contributed by atoms with E-state index >= 15 is 0 Å². The van der Waals surface area contributed by atoms with Gasteiger partial charge in [0.15, 0.2) is 0 Å². The van der Waals surface area contributed by atoms with Crippen molar-refractivity contribution < 1.29 is 17.6 Å². The van der Waals surface area contributed by atoms with Crippen LogP contribution in [0.1, 0.15) is 20.3 Å². The fourth-order valence-electron chi connectivity index (χ4n) is 2.59. The summed E-state index contributed by atoms with van der Waals surface area (Å²) in [7, 11) is -3.64. The van der Waals surface area contributed by atoms with Crippen LogP contribution in [0.2, 0.25) is 0 Å². The summed E-state index contributed by atoms with van der Waals surface area (Å²) in [4.78, 5) is 16.9. The van der Waals surface area contributed by atoms with Crippen molar-refractivity contribution in [1.29, 1.82) is 0 Å². The van der Waals surface area contributed by atoms with E-state index in [1.807, 2.05) is 0 Å². The number of nitrogens with zero attached hydrogens (tertiary/aromatic N) is 2. The molecule has 26 heavy (non-hydrogen) atoms. The highest BCUT2D eigenvalue weighted by molar-refractivity contribution is 7.89. The second-order valence-corrected chi connectivity index (χ2v) is 8.63. The van der Waals surface area contributed by atoms with Gasteiger partial charge in [0, 0.05) is 12.1 Å². The molecule has 1 fully saturated rings. The van der Waals surface area contributed by atoms with Crippen molar-refractivity contribution in [2.24, 2.45) is 0 Å². The molecule has 0 saturated carbocycles. The van der Waals surface area contributed by atoms with Crippen molar-refractivity contribution in [2.75, 3.05) is 19.6 Å². The zero-order chi connectivity index (χ0) is 19.4. The Kier molecular flexibility index (Phi) is 6.34. The van der Waals surface area contributed by atoms with E-state index in [2.05, 4.69) is 14.9 Å². The summed E-state index contributed by atoms with van der Waals surface area (Å²) in [6.07, 6.45) is -1.90. The number of sulfonamides is 1. The van der Waals surface area contributed by atoms with Gasteiger partial charge in [-0.2, -0.15) is 0 Å². The molecule has 7 nitrogen and oxygen atoms in total. The Morgan fingerprint density at radius 3 is 2.65 bits per heavy atom. The summed E-state index contributed by atoms with van der Waals surface area (Å²) in [6, 6.07) is 8.00. The molecule has 1 aromatic rings. The highest BCUT2D eigenvalue weighted by atomic mass is 32.2. The van der Waals surface area contributed by atoms with Crippen molar-refractivity contribution >= 4 is 15.9 Å². The zero-order valence-electron chi connectivity index (χ0n) is 14.8. The third-order valence-electron chi connectivity index (χ3n) is 4.17. The van der Waals surface area contributed by atoms with Crippen molar-refractivity contribution in [2.45, 2.75) is 43.0 Å². The lowest BCUT2D eigenvalue weighted by Gasteiger charge is -2.27. The van der Waals surface area contributed by atoms with Gasteiger partial charge in [0.25, 0.3) is 0 Å². The van der Waals surface area contributed by atoms with E-state index in [4.69, 9.17) is 6.57 Å². The van der Waals surface area contributed by atoms with E-state index < -0.39 is 27.9 Å². The SMILES string of the molecule is [C-]#[N+][C@@H]1C[C@H](F)CN1C(=O)CNC(C)(C)CNS(=O)(=O)c1ccccc1. The molecule has 2 N–H and O–H groups in total. The standard InChI is InChI=1S/C17H23FN4O3S/c1-17(2,12-21-26(24,25)14-7-5-4-6-8-14)20-10-16(23)22-11-13(18)9-15(22)19-3/h4-8,13,15,20-21H,9-12H2,1-2H3/t13-,15-/m0/s1. The Bertz CT molecular complexity index is 777. The first kappa shape index (κ1) is 20.3. The number of amides is 1. The van der Waals surface area contributed by atoms with E-state index in [1.165, 1.54) is 17.0 Å². The average molecular weight is 382 g/mol. The molecule has 142 valence electrons. The van der Waals surface area contributed by atoms with Gasteiger partial charge in [-0.1, -0.05) is 18.2 Å². The lowest BCUT2D eigenvalue weighted by atomic mass is 10.1. The maximum Gasteiger partial charge on any atom is 0.303 e. The molecule has 0 bridgehead atoms. The van der Waals surface area contributed by atoms with Gasteiger partial charge in [-0.05, 0) is 26.0 Å². The Labute approximate surface area is 153 Å². The van der Waals surface area contributed by atoms with Crippen molar-refractivity contribution in [3.63, 3.8) is 0 Å². The van der Waals surface area contributed by atoms with Crippen LogP contribution in [0.5, 0.6) is 0 Å². The predicted octanol–water partition coefficient (Wildman–Crippen LogP) is 1.15. The number of likely N-dealkylation sites (tertiary alicyclic amines) is 1. The number of nitrogens with one attached hydrogen (secondary N) is 2. The maximum absolute atomic E-state index is 13.4. The highest BCUT2D eigenvalue weighted by Crippen LogP contribution is 2.21. The molecule has 0 radical (unpaired) electrons. The zero-order valence-corrected chi connectivity index (χ0v) is 15.6. The summed E-state index contributed by atoms with van der Waals surface area (Å²) in [5.74, 6) is -0.370. The molecule has 1 aliphatic heterocycles. The molecule has 1 amide bonds. The topological polar surface area (TPSA) is 82.9 Å². The Hall–Kier alpha value is -2.02. The minimum absolute atomic E-state index is 0.0372. The molecule has 0 unspecified atom stereocenters. The number of carbonyl (C=O) groups is 1. The molecule has 1 saturated heterocycles.